The van der Waals surface area contributed by atoms with Crippen LogP contribution in [0.15, 0.2) is 40.6 Å². The number of non-ortho nitro benzene ring substituents is 1. The van der Waals surface area contributed by atoms with E-state index in [9.17, 15) is 20.2 Å². The van der Waals surface area contributed by atoms with Crippen molar-refractivity contribution < 1.29 is 9.32 Å². The Kier molecular flexibility index (Phi) is 3.38. The molecule has 0 fully saturated rings. The van der Waals surface area contributed by atoms with Gasteiger partial charge in [0.15, 0.2) is 0 Å². The second kappa shape index (κ2) is 5.61. The molecule has 3 N–H and O–H groups in total. The number of nitro groups is 1. The first-order valence-corrected chi connectivity index (χ1v) is 8.18. The van der Waals surface area contributed by atoms with E-state index in [0.717, 1.165) is 0 Å². The number of nitro benzene ring substituents is 1. The number of H-pyrrole nitrogens is 1. The minimum absolute atomic E-state index is 0.00122. The Bertz CT molecular complexity index is 1320. The van der Waals surface area contributed by atoms with Gasteiger partial charge in [-0.15, -0.1) is 0 Å². The monoisotopic (exact) mass is 365 g/mol. The summed E-state index contributed by atoms with van der Waals surface area (Å²) in [6.45, 7) is 0. The number of benzene rings is 1. The van der Waals surface area contributed by atoms with Crippen molar-refractivity contribution >= 4 is 38.8 Å². The standard InChI is InChI=1S/C16H8N6O3S/c17-7-10-11(8-2-1-3-9(6-8)22(24)25)12-14(19-13(10)18)21-4-5-26-16(21)20-15(12)23/h1-6H,(H2,18,19,23)/p+1. The third-order valence-corrected chi connectivity index (χ3v) is 4.73. The molecule has 0 atom stereocenters. The molecule has 0 aliphatic heterocycles. The quantitative estimate of drug-likeness (QED) is 0.315. The van der Waals surface area contributed by atoms with Crippen molar-refractivity contribution in [2.24, 2.45) is 0 Å². The van der Waals surface area contributed by atoms with Crippen molar-refractivity contribution in [3.8, 4) is 17.2 Å². The van der Waals surface area contributed by atoms with Gasteiger partial charge in [-0.1, -0.05) is 28.5 Å². The highest BCUT2D eigenvalue weighted by molar-refractivity contribution is 7.14. The number of anilines is 1. The highest BCUT2D eigenvalue weighted by atomic mass is 32.1. The van der Waals surface area contributed by atoms with Gasteiger partial charge < -0.3 is 5.73 Å². The largest absolute Gasteiger partial charge is 0.369 e. The normalized spacial score (nSPS) is 10.9. The Labute approximate surface area is 148 Å². The number of hydrogen-bond acceptors (Lipinski definition) is 7. The van der Waals surface area contributed by atoms with Crippen molar-refractivity contribution in [2.45, 2.75) is 0 Å². The number of thiazole rings is 1. The highest BCUT2D eigenvalue weighted by Crippen LogP contribution is 2.33. The van der Waals surface area contributed by atoms with Crippen LogP contribution >= 0.6 is 11.3 Å². The summed E-state index contributed by atoms with van der Waals surface area (Å²) in [6, 6.07) is 7.66. The Morgan fingerprint density at radius 2 is 2.23 bits per heavy atom. The van der Waals surface area contributed by atoms with Crippen molar-refractivity contribution in [3.63, 3.8) is 0 Å². The van der Waals surface area contributed by atoms with E-state index in [2.05, 4.69) is 9.97 Å². The molecule has 4 aromatic rings. The fourth-order valence-corrected chi connectivity index (χ4v) is 3.58. The maximum Gasteiger partial charge on any atom is 0.319 e. The molecule has 0 unspecified atom stereocenters. The first kappa shape index (κ1) is 15.7. The van der Waals surface area contributed by atoms with Crippen LogP contribution in [0.3, 0.4) is 0 Å². The first-order valence-electron chi connectivity index (χ1n) is 7.30. The van der Waals surface area contributed by atoms with E-state index in [1.54, 1.807) is 22.0 Å². The third-order valence-electron chi connectivity index (χ3n) is 3.95. The van der Waals surface area contributed by atoms with Gasteiger partial charge in [-0.05, 0) is 5.56 Å². The molecule has 0 spiro atoms. The molecule has 126 valence electrons. The number of rotatable bonds is 2. The van der Waals surface area contributed by atoms with Crippen LogP contribution in [0.2, 0.25) is 0 Å². The molecule has 0 aliphatic carbocycles. The number of nitriles is 1. The van der Waals surface area contributed by atoms with Crippen molar-refractivity contribution in [3.05, 3.63) is 61.9 Å². The second-order valence-corrected chi connectivity index (χ2v) is 6.29. The van der Waals surface area contributed by atoms with E-state index >= 15 is 0 Å². The topological polar surface area (TPSA) is 143 Å². The van der Waals surface area contributed by atoms with Crippen LogP contribution in [-0.2, 0) is 0 Å². The van der Waals surface area contributed by atoms with Crippen LogP contribution in [0.1, 0.15) is 5.56 Å². The first-order chi connectivity index (χ1) is 12.5. The summed E-state index contributed by atoms with van der Waals surface area (Å²) in [5.74, 6) is -0.0490. The summed E-state index contributed by atoms with van der Waals surface area (Å²) in [5, 5.41) is 22.6. The van der Waals surface area contributed by atoms with Gasteiger partial charge in [-0.25, -0.2) is 4.98 Å². The highest BCUT2D eigenvalue weighted by Gasteiger charge is 2.25. The van der Waals surface area contributed by atoms with Gasteiger partial charge in [0.2, 0.25) is 5.82 Å². The van der Waals surface area contributed by atoms with Gasteiger partial charge in [-0.2, -0.15) is 9.66 Å². The predicted molar refractivity (Wildman–Crippen MR) is 94.6 cm³/mol. The Morgan fingerprint density at radius 1 is 1.42 bits per heavy atom. The molecule has 4 rings (SSSR count). The summed E-state index contributed by atoms with van der Waals surface area (Å²) in [4.78, 5) is 30.8. The lowest BCUT2D eigenvalue weighted by Gasteiger charge is -2.07. The van der Waals surface area contributed by atoms with Gasteiger partial charge in [0.05, 0.1) is 11.1 Å². The molecule has 3 aromatic heterocycles. The van der Waals surface area contributed by atoms with E-state index in [4.69, 9.17) is 5.73 Å². The molecule has 0 radical (unpaired) electrons. The summed E-state index contributed by atoms with van der Waals surface area (Å²) in [5.41, 5.74) is 6.19. The summed E-state index contributed by atoms with van der Waals surface area (Å²) < 4.78 is 1.65. The van der Waals surface area contributed by atoms with E-state index in [0.29, 0.717) is 10.5 Å². The SMILES string of the molecule is N#Cc1c(N)nc2c(c1-c1cccc([N+](=O)[O-])c1)c(=O)[nH]c1scc[n+]12. The third kappa shape index (κ3) is 2.19. The molecule has 26 heavy (non-hydrogen) atoms. The summed E-state index contributed by atoms with van der Waals surface area (Å²) in [6.07, 6.45) is 1.72. The van der Waals surface area contributed by atoms with Crippen LogP contribution < -0.4 is 15.7 Å². The minimum Gasteiger partial charge on any atom is -0.369 e. The molecule has 0 amide bonds. The zero-order chi connectivity index (χ0) is 18.4. The lowest BCUT2D eigenvalue weighted by molar-refractivity contribution is -0.482. The zero-order valence-corrected chi connectivity index (χ0v) is 13.8. The van der Waals surface area contributed by atoms with Crippen molar-refractivity contribution in [1.82, 2.24) is 9.97 Å². The molecule has 10 heteroatoms. The second-order valence-electron chi connectivity index (χ2n) is 5.40. The van der Waals surface area contributed by atoms with Crippen LogP contribution in [0.5, 0.6) is 0 Å². The molecule has 9 nitrogen and oxygen atoms in total. The van der Waals surface area contributed by atoms with Gasteiger partial charge >= 0.3 is 5.56 Å². The fraction of sp³-hybridized carbons (Fsp3) is 0. The zero-order valence-electron chi connectivity index (χ0n) is 13.0. The van der Waals surface area contributed by atoms with Gasteiger partial charge in [0, 0.05) is 23.1 Å². The number of nitrogen functional groups attached to an aromatic ring is 1. The number of aromatic nitrogens is 3. The van der Waals surface area contributed by atoms with Crippen LogP contribution in [0, 0.1) is 21.4 Å². The van der Waals surface area contributed by atoms with Crippen LogP contribution in [0.4, 0.5) is 11.5 Å². The van der Waals surface area contributed by atoms with E-state index in [1.807, 2.05) is 6.07 Å². The number of nitrogens with zero attached hydrogens (tertiary/aromatic N) is 4. The molecular weight excluding hydrogens is 356 g/mol. The number of fused-ring (bicyclic) bond motifs is 3. The van der Waals surface area contributed by atoms with E-state index in [1.165, 1.54) is 29.5 Å². The predicted octanol–water partition coefficient (Wildman–Crippen LogP) is 1.75. The molecule has 0 saturated heterocycles. The maximum absolute atomic E-state index is 12.7. The molecule has 3 heterocycles. The number of pyridine rings is 1. The summed E-state index contributed by atoms with van der Waals surface area (Å²) >= 11 is 1.31. The maximum atomic E-state index is 12.7. The number of nitrogens with one attached hydrogen (secondary N) is 1. The average Bonchev–Trinajstić information content (AvgIpc) is 3.09. The molecule has 0 saturated carbocycles. The lowest BCUT2D eigenvalue weighted by atomic mass is 9.97. The molecule has 1 aromatic carbocycles. The fourth-order valence-electron chi connectivity index (χ4n) is 2.85. The Hall–Kier alpha value is -3.84. The van der Waals surface area contributed by atoms with Crippen molar-refractivity contribution in [1.29, 1.82) is 5.26 Å². The Balaban J connectivity index is 2.24. The molecule has 0 aliphatic rings. The number of hydrogen-bond donors (Lipinski definition) is 2. The number of nitrogens with two attached hydrogens (primary N) is 1. The smallest absolute Gasteiger partial charge is 0.319 e. The lowest BCUT2D eigenvalue weighted by Crippen LogP contribution is -2.28. The van der Waals surface area contributed by atoms with Crippen LogP contribution in [0.25, 0.3) is 27.1 Å². The average molecular weight is 365 g/mol. The molecule has 0 bridgehead atoms. The Morgan fingerprint density at radius 3 is 2.96 bits per heavy atom. The van der Waals surface area contributed by atoms with Crippen molar-refractivity contribution in [2.75, 3.05) is 5.73 Å². The molecular formula is C16H9N6O3S+. The number of aromatic amines is 1. The summed E-state index contributed by atoms with van der Waals surface area (Å²) in [7, 11) is 0. The van der Waals surface area contributed by atoms with E-state index < -0.39 is 10.5 Å². The van der Waals surface area contributed by atoms with E-state index in [-0.39, 0.29) is 33.7 Å². The van der Waals surface area contributed by atoms with Crippen LogP contribution in [-0.4, -0.2) is 14.9 Å². The van der Waals surface area contributed by atoms with Gasteiger partial charge in [0.25, 0.3) is 16.3 Å². The van der Waals surface area contributed by atoms with Gasteiger partial charge in [0.1, 0.15) is 17.0 Å². The minimum atomic E-state index is -0.543. The van der Waals surface area contributed by atoms with Gasteiger partial charge in [-0.3, -0.25) is 14.9 Å².